The number of rotatable bonds is 5. The summed E-state index contributed by atoms with van der Waals surface area (Å²) in [7, 11) is 0. The minimum absolute atomic E-state index is 0.760. The van der Waals surface area contributed by atoms with E-state index in [1.54, 1.807) is 0 Å². The van der Waals surface area contributed by atoms with Gasteiger partial charge in [-0.15, -0.1) is 0 Å². The van der Waals surface area contributed by atoms with Crippen molar-refractivity contribution in [2.75, 3.05) is 0 Å². The van der Waals surface area contributed by atoms with Crippen LogP contribution < -0.4 is 0 Å². The molecular formula is C15H17ClO. The van der Waals surface area contributed by atoms with Gasteiger partial charge >= 0.3 is 0 Å². The molecule has 2 heteroatoms. The van der Waals surface area contributed by atoms with Crippen LogP contribution in [0, 0.1) is 0 Å². The van der Waals surface area contributed by atoms with E-state index in [2.05, 4.69) is 13.0 Å². The zero-order valence-corrected chi connectivity index (χ0v) is 10.8. The Balaban J connectivity index is 2.07. The minimum Gasteiger partial charge on any atom is -0.469 e. The van der Waals surface area contributed by atoms with E-state index in [1.807, 2.05) is 30.5 Å². The average molecular weight is 249 g/mol. The van der Waals surface area contributed by atoms with Gasteiger partial charge in [0.1, 0.15) is 5.76 Å². The molecule has 0 atom stereocenters. The summed E-state index contributed by atoms with van der Waals surface area (Å²) in [5.41, 5.74) is 2.22. The molecule has 0 spiro atoms. The summed E-state index contributed by atoms with van der Waals surface area (Å²) in [4.78, 5) is 0. The first kappa shape index (κ1) is 12.3. The van der Waals surface area contributed by atoms with Crippen LogP contribution in [-0.4, -0.2) is 0 Å². The third kappa shape index (κ3) is 3.37. The quantitative estimate of drug-likeness (QED) is 0.652. The maximum atomic E-state index is 5.97. The molecular weight excluding hydrogens is 232 g/mol. The normalized spacial score (nSPS) is 10.7. The second kappa shape index (κ2) is 5.92. The van der Waals surface area contributed by atoms with Crippen LogP contribution in [0.15, 0.2) is 41.0 Å². The first-order valence-corrected chi connectivity index (χ1v) is 6.50. The third-order valence-corrected chi connectivity index (χ3v) is 3.07. The lowest BCUT2D eigenvalue weighted by molar-refractivity contribution is 0.497. The van der Waals surface area contributed by atoms with Gasteiger partial charge in [-0.05, 0) is 30.2 Å². The molecule has 90 valence electrons. The van der Waals surface area contributed by atoms with Gasteiger partial charge in [0.2, 0.25) is 0 Å². The zero-order valence-electron chi connectivity index (χ0n) is 10.1. The Morgan fingerprint density at radius 2 is 2.00 bits per heavy atom. The summed E-state index contributed by atoms with van der Waals surface area (Å²) in [6, 6.07) is 9.96. The van der Waals surface area contributed by atoms with Gasteiger partial charge in [0.15, 0.2) is 0 Å². The smallest absolute Gasteiger partial charge is 0.104 e. The molecule has 0 aliphatic heterocycles. The zero-order chi connectivity index (χ0) is 12.1. The maximum absolute atomic E-state index is 5.97. The predicted molar refractivity (Wildman–Crippen MR) is 72.4 cm³/mol. The van der Waals surface area contributed by atoms with Gasteiger partial charge in [-0.25, -0.2) is 0 Å². The summed E-state index contributed by atoms with van der Waals surface area (Å²) in [6.07, 6.45) is 6.52. The van der Waals surface area contributed by atoms with Crippen LogP contribution in [0.4, 0.5) is 0 Å². The molecule has 0 aliphatic carbocycles. The molecule has 1 heterocycles. The lowest BCUT2D eigenvalue weighted by atomic mass is 10.1. The molecule has 0 radical (unpaired) electrons. The summed E-state index contributed by atoms with van der Waals surface area (Å²) in [5.74, 6) is 1.06. The van der Waals surface area contributed by atoms with E-state index in [9.17, 15) is 0 Å². The minimum atomic E-state index is 0.760. The topological polar surface area (TPSA) is 13.1 Å². The molecule has 2 rings (SSSR count). The Labute approximate surface area is 107 Å². The highest BCUT2D eigenvalue weighted by atomic mass is 35.5. The number of benzene rings is 1. The van der Waals surface area contributed by atoms with Gasteiger partial charge in [-0.1, -0.05) is 43.5 Å². The number of hydrogen-bond acceptors (Lipinski definition) is 1. The largest absolute Gasteiger partial charge is 0.469 e. The lowest BCUT2D eigenvalue weighted by Crippen LogP contribution is -1.81. The van der Waals surface area contributed by atoms with Crippen LogP contribution >= 0.6 is 11.6 Å². The molecule has 0 bridgehead atoms. The molecule has 0 saturated carbocycles. The van der Waals surface area contributed by atoms with E-state index >= 15 is 0 Å². The monoisotopic (exact) mass is 248 g/mol. The highest BCUT2D eigenvalue weighted by Gasteiger charge is 2.04. The van der Waals surface area contributed by atoms with Crippen molar-refractivity contribution in [1.29, 1.82) is 0 Å². The molecule has 0 saturated heterocycles. The molecule has 1 nitrogen and oxygen atoms in total. The molecule has 0 fully saturated rings. The van der Waals surface area contributed by atoms with Crippen molar-refractivity contribution >= 4 is 11.6 Å². The van der Waals surface area contributed by atoms with Crippen molar-refractivity contribution in [3.63, 3.8) is 0 Å². The number of halogens is 1. The van der Waals surface area contributed by atoms with Crippen molar-refractivity contribution in [3.8, 4) is 11.1 Å². The summed E-state index contributed by atoms with van der Waals surface area (Å²) in [5, 5.41) is 0.760. The van der Waals surface area contributed by atoms with E-state index in [4.69, 9.17) is 16.0 Å². The Morgan fingerprint density at radius 3 is 2.76 bits per heavy atom. The first-order valence-electron chi connectivity index (χ1n) is 6.13. The van der Waals surface area contributed by atoms with Crippen LogP contribution in [0.25, 0.3) is 11.1 Å². The van der Waals surface area contributed by atoms with E-state index in [0.717, 1.165) is 28.3 Å². The highest BCUT2D eigenvalue weighted by Crippen LogP contribution is 2.25. The van der Waals surface area contributed by atoms with Crippen molar-refractivity contribution in [2.24, 2.45) is 0 Å². The maximum Gasteiger partial charge on any atom is 0.104 e. The molecule has 1 aromatic heterocycles. The fourth-order valence-electron chi connectivity index (χ4n) is 1.88. The first-order chi connectivity index (χ1) is 8.29. The summed E-state index contributed by atoms with van der Waals surface area (Å²) in [6.45, 7) is 2.21. The van der Waals surface area contributed by atoms with E-state index < -0.39 is 0 Å². The van der Waals surface area contributed by atoms with Crippen LogP contribution in [0.5, 0.6) is 0 Å². The van der Waals surface area contributed by atoms with Crippen LogP contribution in [0.1, 0.15) is 31.9 Å². The number of hydrogen-bond donors (Lipinski definition) is 0. The van der Waals surface area contributed by atoms with Crippen molar-refractivity contribution in [2.45, 2.75) is 32.6 Å². The Bertz CT molecular complexity index is 473. The molecule has 0 unspecified atom stereocenters. The summed E-state index contributed by atoms with van der Waals surface area (Å²) < 4.78 is 5.56. The van der Waals surface area contributed by atoms with Gasteiger partial charge in [0.05, 0.1) is 6.26 Å². The Hall–Kier alpha value is -1.21. The third-order valence-electron chi connectivity index (χ3n) is 2.84. The van der Waals surface area contributed by atoms with Crippen molar-refractivity contribution < 1.29 is 4.42 Å². The van der Waals surface area contributed by atoms with Crippen molar-refractivity contribution in [3.05, 3.63) is 47.4 Å². The van der Waals surface area contributed by atoms with Crippen LogP contribution in [-0.2, 0) is 6.42 Å². The van der Waals surface area contributed by atoms with Gasteiger partial charge in [0, 0.05) is 17.0 Å². The fourth-order valence-corrected chi connectivity index (χ4v) is 2.07. The standard InChI is InChI=1S/C15H17ClO/c1-2-3-4-8-15-10-13(11-17-15)12-6-5-7-14(16)9-12/h5-7,9-11H,2-4,8H2,1H3. The predicted octanol–water partition coefficient (Wildman–Crippen LogP) is 5.33. The van der Waals surface area contributed by atoms with Gasteiger partial charge < -0.3 is 4.42 Å². The van der Waals surface area contributed by atoms with E-state index in [0.29, 0.717) is 0 Å². The highest BCUT2D eigenvalue weighted by molar-refractivity contribution is 6.30. The molecule has 0 aliphatic rings. The summed E-state index contributed by atoms with van der Waals surface area (Å²) >= 11 is 5.97. The van der Waals surface area contributed by atoms with Crippen molar-refractivity contribution in [1.82, 2.24) is 0 Å². The Kier molecular flexibility index (Phi) is 4.27. The van der Waals surface area contributed by atoms with Crippen LogP contribution in [0.3, 0.4) is 0 Å². The number of aryl methyl sites for hydroxylation is 1. The number of furan rings is 1. The van der Waals surface area contributed by atoms with Gasteiger partial charge in [-0.2, -0.15) is 0 Å². The lowest BCUT2D eigenvalue weighted by Gasteiger charge is -1.96. The second-order valence-corrected chi connectivity index (χ2v) is 4.71. The van der Waals surface area contributed by atoms with E-state index in [-0.39, 0.29) is 0 Å². The Morgan fingerprint density at radius 1 is 1.12 bits per heavy atom. The molecule has 2 aromatic rings. The van der Waals surface area contributed by atoms with Gasteiger partial charge in [-0.3, -0.25) is 0 Å². The molecule has 1 aromatic carbocycles. The molecule has 0 amide bonds. The van der Waals surface area contributed by atoms with Crippen LogP contribution in [0.2, 0.25) is 5.02 Å². The average Bonchev–Trinajstić information content (AvgIpc) is 2.78. The fraction of sp³-hybridized carbons (Fsp3) is 0.333. The molecule has 17 heavy (non-hydrogen) atoms. The SMILES string of the molecule is CCCCCc1cc(-c2cccc(Cl)c2)co1. The van der Waals surface area contributed by atoms with E-state index in [1.165, 1.54) is 19.3 Å². The second-order valence-electron chi connectivity index (χ2n) is 4.27. The van der Waals surface area contributed by atoms with Gasteiger partial charge in [0.25, 0.3) is 0 Å². The number of unbranched alkanes of at least 4 members (excludes halogenated alkanes) is 2. The molecule has 0 N–H and O–H groups in total.